The molecule has 1 aliphatic carbocycles. The molecule has 1 fully saturated rings. The van der Waals surface area contributed by atoms with E-state index < -0.39 is 5.69 Å². The van der Waals surface area contributed by atoms with Crippen LogP contribution in [-0.4, -0.2) is 9.55 Å². The Kier molecular flexibility index (Phi) is 3.68. The van der Waals surface area contributed by atoms with Gasteiger partial charge in [-0.15, -0.1) is 0 Å². The maximum Gasteiger partial charge on any atom is 0.329 e. The fraction of sp³-hybridized carbons (Fsp3) is 0.333. The predicted octanol–water partition coefficient (Wildman–Crippen LogP) is 3.17. The molecule has 0 saturated heterocycles. The van der Waals surface area contributed by atoms with Crippen molar-refractivity contribution in [2.75, 3.05) is 0 Å². The van der Waals surface area contributed by atoms with Crippen molar-refractivity contribution in [2.45, 2.75) is 19.9 Å². The van der Waals surface area contributed by atoms with Crippen molar-refractivity contribution in [1.29, 1.82) is 0 Å². The first kappa shape index (κ1) is 14.4. The van der Waals surface area contributed by atoms with Crippen molar-refractivity contribution in [2.24, 2.45) is 11.8 Å². The molecule has 0 radical (unpaired) electrons. The van der Waals surface area contributed by atoms with Crippen LogP contribution in [-0.2, 0) is 6.54 Å². The number of aromatic nitrogens is 2. The highest BCUT2D eigenvalue weighted by Gasteiger charge is 2.33. The van der Waals surface area contributed by atoms with Gasteiger partial charge in [-0.3, -0.25) is 14.3 Å². The Morgan fingerprint density at radius 2 is 2.05 bits per heavy atom. The van der Waals surface area contributed by atoms with Gasteiger partial charge in [-0.05, 0) is 36.0 Å². The molecule has 2 aromatic rings. The molecule has 0 aliphatic heterocycles. The first-order chi connectivity index (χ1) is 9.97. The third-order valence-corrected chi connectivity index (χ3v) is 4.47. The molecular formula is C15H14Cl2N2O2. The number of rotatable bonds is 3. The normalized spacial score (nSPS) is 20.5. The van der Waals surface area contributed by atoms with Crippen LogP contribution in [0.25, 0.3) is 11.1 Å². The average Bonchev–Trinajstić information content (AvgIpc) is 3.10. The molecule has 1 aromatic carbocycles. The van der Waals surface area contributed by atoms with Gasteiger partial charge in [0.15, 0.2) is 0 Å². The second-order valence-corrected chi connectivity index (χ2v) is 6.33. The zero-order chi connectivity index (χ0) is 15.1. The van der Waals surface area contributed by atoms with Crippen LogP contribution in [0.2, 0.25) is 10.2 Å². The third-order valence-electron chi connectivity index (χ3n) is 3.95. The van der Waals surface area contributed by atoms with E-state index in [0.717, 1.165) is 6.42 Å². The second-order valence-electron chi connectivity index (χ2n) is 5.52. The Hall–Kier alpha value is -1.52. The first-order valence-electron chi connectivity index (χ1n) is 6.76. The fourth-order valence-electron chi connectivity index (χ4n) is 2.49. The Bertz CT molecular complexity index is 810. The number of H-pyrrole nitrogens is 1. The van der Waals surface area contributed by atoms with Gasteiger partial charge in [-0.1, -0.05) is 42.3 Å². The van der Waals surface area contributed by atoms with E-state index in [1.165, 1.54) is 4.57 Å². The number of hydrogen-bond acceptors (Lipinski definition) is 2. The molecule has 21 heavy (non-hydrogen) atoms. The Labute approximate surface area is 131 Å². The van der Waals surface area contributed by atoms with E-state index in [0.29, 0.717) is 29.0 Å². The number of benzene rings is 1. The Morgan fingerprint density at radius 1 is 1.33 bits per heavy atom. The summed E-state index contributed by atoms with van der Waals surface area (Å²) >= 11 is 12.0. The molecule has 2 unspecified atom stereocenters. The molecule has 1 N–H and O–H groups in total. The minimum Gasteiger partial charge on any atom is -0.297 e. The summed E-state index contributed by atoms with van der Waals surface area (Å²) in [6.07, 6.45) is 1.04. The van der Waals surface area contributed by atoms with Gasteiger partial charge in [-0.2, -0.15) is 0 Å². The van der Waals surface area contributed by atoms with Crippen molar-refractivity contribution < 1.29 is 0 Å². The zero-order valence-corrected chi connectivity index (χ0v) is 12.9. The molecule has 1 aliphatic rings. The summed E-state index contributed by atoms with van der Waals surface area (Å²) in [6, 6.07) is 6.87. The molecular weight excluding hydrogens is 311 g/mol. The molecule has 4 nitrogen and oxygen atoms in total. The molecule has 1 heterocycles. The second kappa shape index (κ2) is 5.35. The highest BCUT2D eigenvalue weighted by Crippen LogP contribution is 2.38. The number of hydrogen-bond donors (Lipinski definition) is 1. The Morgan fingerprint density at radius 3 is 2.67 bits per heavy atom. The van der Waals surface area contributed by atoms with Crippen LogP contribution in [0.4, 0.5) is 0 Å². The van der Waals surface area contributed by atoms with Gasteiger partial charge < -0.3 is 0 Å². The lowest BCUT2D eigenvalue weighted by Crippen LogP contribution is -2.36. The highest BCUT2D eigenvalue weighted by atomic mass is 35.5. The van der Waals surface area contributed by atoms with Crippen LogP contribution in [0.1, 0.15) is 13.3 Å². The van der Waals surface area contributed by atoms with E-state index in [4.69, 9.17) is 23.2 Å². The van der Waals surface area contributed by atoms with Crippen molar-refractivity contribution >= 4 is 23.2 Å². The molecule has 1 aromatic heterocycles. The standard InChI is InChI=1S/C15H14Cl2N2O2/c1-8-5-10(8)7-19-14(20)12(13(17)18-15(19)21)9-3-2-4-11(16)6-9/h2-4,6,8,10H,5,7H2,1H3,(H,18,21). The molecule has 6 heteroatoms. The molecule has 0 spiro atoms. The molecule has 0 amide bonds. The monoisotopic (exact) mass is 324 g/mol. The zero-order valence-electron chi connectivity index (χ0n) is 11.4. The topological polar surface area (TPSA) is 54.9 Å². The van der Waals surface area contributed by atoms with Crippen molar-refractivity contribution in [3.63, 3.8) is 0 Å². The van der Waals surface area contributed by atoms with Crippen LogP contribution < -0.4 is 11.2 Å². The van der Waals surface area contributed by atoms with Gasteiger partial charge in [0.05, 0.1) is 5.56 Å². The summed E-state index contributed by atoms with van der Waals surface area (Å²) in [5.41, 5.74) is 0.0541. The van der Waals surface area contributed by atoms with Gasteiger partial charge in [0.2, 0.25) is 0 Å². The van der Waals surface area contributed by atoms with Crippen molar-refractivity contribution in [3.05, 3.63) is 55.3 Å². The van der Waals surface area contributed by atoms with E-state index in [2.05, 4.69) is 11.9 Å². The Balaban J connectivity index is 2.14. The van der Waals surface area contributed by atoms with E-state index >= 15 is 0 Å². The fourth-order valence-corrected chi connectivity index (χ4v) is 2.95. The lowest BCUT2D eigenvalue weighted by molar-refractivity contribution is 0.552. The van der Waals surface area contributed by atoms with Crippen LogP contribution >= 0.6 is 23.2 Å². The number of nitrogens with one attached hydrogen (secondary N) is 1. The van der Waals surface area contributed by atoms with E-state index in [1.807, 2.05) is 0 Å². The summed E-state index contributed by atoms with van der Waals surface area (Å²) in [6.45, 7) is 2.54. The predicted molar refractivity (Wildman–Crippen MR) is 84.0 cm³/mol. The van der Waals surface area contributed by atoms with Gasteiger partial charge in [0, 0.05) is 11.6 Å². The number of aromatic amines is 1. The lowest BCUT2D eigenvalue weighted by atomic mass is 10.1. The highest BCUT2D eigenvalue weighted by molar-refractivity contribution is 6.32. The summed E-state index contributed by atoms with van der Waals surface area (Å²) in [5, 5.41) is 0.559. The molecule has 3 rings (SSSR count). The van der Waals surface area contributed by atoms with Crippen LogP contribution in [0.15, 0.2) is 33.9 Å². The van der Waals surface area contributed by atoms with Crippen LogP contribution in [0, 0.1) is 11.8 Å². The average molecular weight is 325 g/mol. The van der Waals surface area contributed by atoms with Gasteiger partial charge in [-0.25, -0.2) is 4.79 Å². The van der Waals surface area contributed by atoms with Crippen LogP contribution in [0.3, 0.4) is 0 Å². The SMILES string of the molecule is CC1CC1Cn1c(=O)[nH]c(Cl)c(-c2cccc(Cl)c2)c1=O. The first-order valence-corrected chi connectivity index (χ1v) is 7.51. The summed E-state index contributed by atoms with van der Waals surface area (Å²) in [4.78, 5) is 27.1. The summed E-state index contributed by atoms with van der Waals surface area (Å²) in [5.74, 6) is 0.943. The molecule has 1 saturated carbocycles. The van der Waals surface area contributed by atoms with Gasteiger partial charge >= 0.3 is 5.69 Å². The minimum atomic E-state index is -0.463. The van der Waals surface area contributed by atoms with E-state index in [1.54, 1.807) is 24.3 Å². The third kappa shape index (κ3) is 2.78. The maximum absolute atomic E-state index is 12.6. The van der Waals surface area contributed by atoms with E-state index in [9.17, 15) is 9.59 Å². The van der Waals surface area contributed by atoms with Gasteiger partial charge in [0.25, 0.3) is 5.56 Å². The number of nitrogens with zero attached hydrogens (tertiary/aromatic N) is 1. The van der Waals surface area contributed by atoms with E-state index in [-0.39, 0.29) is 16.3 Å². The summed E-state index contributed by atoms with van der Waals surface area (Å²) < 4.78 is 1.23. The molecule has 0 bridgehead atoms. The number of halogens is 2. The maximum atomic E-state index is 12.6. The van der Waals surface area contributed by atoms with Crippen LogP contribution in [0.5, 0.6) is 0 Å². The molecule has 2 atom stereocenters. The smallest absolute Gasteiger partial charge is 0.297 e. The summed E-state index contributed by atoms with van der Waals surface area (Å²) in [7, 11) is 0. The van der Waals surface area contributed by atoms with Crippen molar-refractivity contribution in [1.82, 2.24) is 9.55 Å². The molecule has 110 valence electrons. The van der Waals surface area contributed by atoms with Crippen molar-refractivity contribution in [3.8, 4) is 11.1 Å². The minimum absolute atomic E-state index is 0.0485. The lowest BCUT2D eigenvalue weighted by Gasteiger charge is -2.09. The quantitative estimate of drug-likeness (QED) is 0.881. The van der Waals surface area contributed by atoms with Gasteiger partial charge in [0.1, 0.15) is 5.15 Å². The largest absolute Gasteiger partial charge is 0.329 e.